The van der Waals surface area contributed by atoms with Crippen LogP contribution >= 0.6 is 24.0 Å². The van der Waals surface area contributed by atoms with E-state index in [0.29, 0.717) is 29.5 Å². The van der Waals surface area contributed by atoms with E-state index in [4.69, 9.17) is 4.74 Å². The lowest BCUT2D eigenvalue weighted by atomic mass is 10.2. The molecule has 10 heteroatoms. The minimum atomic E-state index is -2.95. The summed E-state index contributed by atoms with van der Waals surface area (Å²) in [6.45, 7) is -0.476. The van der Waals surface area contributed by atoms with Gasteiger partial charge >= 0.3 is 6.61 Å². The first-order valence-electron chi connectivity index (χ1n) is 9.00. The zero-order valence-electron chi connectivity index (χ0n) is 16.7. The summed E-state index contributed by atoms with van der Waals surface area (Å²) in [5.41, 5.74) is 1.11. The summed E-state index contributed by atoms with van der Waals surface area (Å²) in [5.74, 6) is 0.630. The van der Waals surface area contributed by atoms with Crippen LogP contribution in [0.1, 0.15) is 12.5 Å². The number of rotatable bonds is 9. The van der Waals surface area contributed by atoms with E-state index in [2.05, 4.69) is 25.7 Å². The highest BCUT2D eigenvalue weighted by molar-refractivity contribution is 14.0. The van der Waals surface area contributed by atoms with Crippen LogP contribution in [-0.4, -0.2) is 38.7 Å². The number of hydrogen-bond acceptors (Lipinski definition) is 4. The number of ether oxygens (including phenoxy) is 2. The number of anilines is 1. The molecule has 30 heavy (non-hydrogen) atoms. The molecule has 3 N–H and O–H groups in total. The van der Waals surface area contributed by atoms with Crippen LogP contribution in [0.4, 0.5) is 14.5 Å². The van der Waals surface area contributed by atoms with E-state index >= 15 is 0 Å². The minimum Gasteiger partial charge on any atom is -0.497 e. The molecular formula is C20H25F2IN4O3. The topological polar surface area (TPSA) is 84.0 Å². The first-order valence-corrected chi connectivity index (χ1v) is 9.00. The molecule has 7 nitrogen and oxygen atoms in total. The number of guanidine groups is 1. The van der Waals surface area contributed by atoms with Crippen LogP contribution in [0.25, 0.3) is 0 Å². The summed E-state index contributed by atoms with van der Waals surface area (Å²) in [6.07, 6.45) is 0. The highest BCUT2D eigenvalue weighted by atomic mass is 127. The lowest BCUT2D eigenvalue weighted by Gasteiger charge is -2.13. The van der Waals surface area contributed by atoms with Gasteiger partial charge in [-0.3, -0.25) is 4.79 Å². The number of carbonyl (C=O) groups is 1. The van der Waals surface area contributed by atoms with E-state index in [1.165, 1.54) is 19.2 Å². The Kier molecular flexibility index (Phi) is 11.5. The number of amides is 1. The minimum absolute atomic E-state index is 0. The summed E-state index contributed by atoms with van der Waals surface area (Å²) < 4.78 is 34.9. The van der Waals surface area contributed by atoms with Crippen molar-refractivity contribution < 1.29 is 23.0 Å². The molecular weight excluding hydrogens is 509 g/mol. The molecule has 0 radical (unpaired) electrons. The number of aliphatic imine (C=N–C) groups is 1. The van der Waals surface area contributed by atoms with Gasteiger partial charge in [-0.1, -0.05) is 18.2 Å². The predicted octanol–water partition coefficient (Wildman–Crippen LogP) is 3.61. The summed E-state index contributed by atoms with van der Waals surface area (Å²) in [6, 6.07) is 13.6. The van der Waals surface area contributed by atoms with Crippen molar-refractivity contribution in [3.63, 3.8) is 0 Å². The molecule has 0 heterocycles. The van der Waals surface area contributed by atoms with E-state index < -0.39 is 6.61 Å². The van der Waals surface area contributed by atoms with Gasteiger partial charge in [-0.2, -0.15) is 8.78 Å². The first-order chi connectivity index (χ1) is 14.0. The van der Waals surface area contributed by atoms with E-state index in [-0.39, 0.29) is 48.7 Å². The van der Waals surface area contributed by atoms with E-state index in [1.54, 1.807) is 18.2 Å². The summed E-state index contributed by atoms with van der Waals surface area (Å²) >= 11 is 0. The van der Waals surface area contributed by atoms with Crippen LogP contribution < -0.4 is 25.4 Å². The van der Waals surface area contributed by atoms with Crippen molar-refractivity contribution in [1.82, 2.24) is 10.6 Å². The van der Waals surface area contributed by atoms with Gasteiger partial charge in [0.15, 0.2) is 5.96 Å². The fourth-order valence-corrected chi connectivity index (χ4v) is 2.41. The van der Waals surface area contributed by atoms with Gasteiger partial charge in [-0.25, -0.2) is 4.99 Å². The maximum absolute atomic E-state index is 12.6. The van der Waals surface area contributed by atoms with Crippen LogP contribution in [0, 0.1) is 0 Å². The van der Waals surface area contributed by atoms with Crippen LogP contribution in [0.15, 0.2) is 53.5 Å². The average Bonchev–Trinajstić information content (AvgIpc) is 2.71. The largest absolute Gasteiger partial charge is 0.497 e. The Bertz CT molecular complexity index is 823. The molecule has 2 rings (SSSR count). The van der Waals surface area contributed by atoms with E-state index in [1.807, 2.05) is 25.1 Å². The zero-order chi connectivity index (χ0) is 21.1. The Balaban J connectivity index is 0.00000450. The molecule has 2 aromatic rings. The normalized spacial score (nSPS) is 10.8. The standard InChI is InChI=1S/C20H24F2N4O3.HI/c1-3-23-20(25-13-18(27)26-15-7-5-4-6-8-15)24-12-14-11-16(28-2)9-10-17(14)29-19(21)22;/h4-11,19H,3,12-13H2,1-2H3,(H,26,27)(H2,23,24,25);1H. The van der Waals surface area contributed by atoms with Crippen molar-refractivity contribution in [2.75, 3.05) is 25.5 Å². The highest BCUT2D eigenvalue weighted by Gasteiger charge is 2.11. The third-order valence-electron chi connectivity index (χ3n) is 3.71. The second-order valence-corrected chi connectivity index (χ2v) is 5.82. The van der Waals surface area contributed by atoms with Crippen molar-refractivity contribution in [3.05, 3.63) is 54.1 Å². The molecule has 0 aliphatic carbocycles. The van der Waals surface area contributed by atoms with Gasteiger partial charge in [0.1, 0.15) is 11.5 Å². The summed E-state index contributed by atoms with van der Waals surface area (Å²) in [4.78, 5) is 16.4. The monoisotopic (exact) mass is 534 g/mol. The van der Waals surface area contributed by atoms with Gasteiger partial charge in [-0.15, -0.1) is 24.0 Å². The molecule has 0 bridgehead atoms. The molecule has 0 unspecified atom stereocenters. The lowest BCUT2D eigenvalue weighted by molar-refractivity contribution is -0.115. The predicted molar refractivity (Wildman–Crippen MR) is 123 cm³/mol. The third-order valence-corrected chi connectivity index (χ3v) is 3.71. The van der Waals surface area contributed by atoms with E-state index in [0.717, 1.165) is 0 Å². The first kappa shape index (κ1) is 25.4. The van der Waals surface area contributed by atoms with Crippen LogP contribution in [-0.2, 0) is 11.3 Å². The quantitative estimate of drug-likeness (QED) is 0.260. The number of carbonyl (C=O) groups excluding carboxylic acids is 1. The number of benzene rings is 2. The average molecular weight is 534 g/mol. The fourth-order valence-electron chi connectivity index (χ4n) is 2.41. The molecule has 0 saturated heterocycles. The van der Waals surface area contributed by atoms with Gasteiger partial charge < -0.3 is 25.4 Å². The van der Waals surface area contributed by atoms with Crippen molar-refractivity contribution in [1.29, 1.82) is 0 Å². The molecule has 164 valence electrons. The van der Waals surface area contributed by atoms with E-state index in [9.17, 15) is 13.6 Å². The number of para-hydroxylation sites is 1. The Morgan fingerprint density at radius 1 is 1.13 bits per heavy atom. The second kappa shape index (κ2) is 13.6. The molecule has 0 saturated carbocycles. The van der Waals surface area contributed by atoms with Crippen molar-refractivity contribution in [2.24, 2.45) is 4.99 Å². The molecule has 0 aliphatic rings. The Morgan fingerprint density at radius 3 is 2.50 bits per heavy atom. The fraction of sp³-hybridized carbons (Fsp3) is 0.300. The maximum Gasteiger partial charge on any atom is 0.387 e. The smallest absolute Gasteiger partial charge is 0.387 e. The zero-order valence-corrected chi connectivity index (χ0v) is 19.0. The second-order valence-electron chi connectivity index (χ2n) is 5.82. The number of hydrogen-bond donors (Lipinski definition) is 3. The van der Waals surface area contributed by atoms with Gasteiger partial charge in [0.2, 0.25) is 5.91 Å². The van der Waals surface area contributed by atoms with Crippen molar-refractivity contribution in [2.45, 2.75) is 20.1 Å². The van der Waals surface area contributed by atoms with Crippen LogP contribution in [0.5, 0.6) is 11.5 Å². The molecule has 1 amide bonds. The number of nitrogens with one attached hydrogen (secondary N) is 3. The Hall–Kier alpha value is -2.63. The van der Waals surface area contributed by atoms with Crippen molar-refractivity contribution >= 4 is 41.5 Å². The van der Waals surface area contributed by atoms with Gasteiger partial charge in [0, 0.05) is 17.8 Å². The molecule has 0 atom stereocenters. The summed E-state index contributed by atoms with van der Waals surface area (Å²) in [5, 5.41) is 8.66. The van der Waals surface area contributed by atoms with Gasteiger partial charge in [0.25, 0.3) is 0 Å². The molecule has 0 aliphatic heterocycles. The molecule has 2 aromatic carbocycles. The van der Waals surface area contributed by atoms with Crippen molar-refractivity contribution in [3.8, 4) is 11.5 Å². The Morgan fingerprint density at radius 2 is 1.87 bits per heavy atom. The van der Waals surface area contributed by atoms with Gasteiger partial charge in [0.05, 0.1) is 20.2 Å². The number of halogens is 3. The highest BCUT2D eigenvalue weighted by Crippen LogP contribution is 2.26. The molecule has 0 fully saturated rings. The SMILES string of the molecule is CCNC(=NCc1cc(OC)ccc1OC(F)F)NCC(=O)Nc1ccccc1.I. The molecule has 0 spiro atoms. The third kappa shape index (κ3) is 8.80. The number of alkyl halides is 2. The maximum atomic E-state index is 12.6. The number of nitrogens with zero attached hydrogens (tertiary/aromatic N) is 1. The van der Waals surface area contributed by atoms with Gasteiger partial charge in [-0.05, 0) is 37.3 Å². The lowest BCUT2D eigenvalue weighted by Crippen LogP contribution is -2.41. The Labute approximate surface area is 191 Å². The van der Waals surface area contributed by atoms with Crippen LogP contribution in [0.2, 0.25) is 0 Å². The van der Waals surface area contributed by atoms with Crippen LogP contribution in [0.3, 0.4) is 0 Å². The molecule has 0 aromatic heterocycles. The number of methoxy groups -OCH3 is 1. The summed E-state index contributed by atoms with van der Waals surface area (Å²) in [7, 11) is 1.48.